The predicted molar refractivity (Wildman–Crippen MR) is 134 cm³/mol. The average molecular weight is 501 g/mol. The zero-order chi connectivity index (χ0) is 24.2. The Hall–Kier alpha value is -2.85. The molecule has 1 amide bonds. The highest BCUT2D eigenvalue weighted by Gasteiger charge is 2.28. The maximum Gasteiger partial charge on any atom is 0.341 e. The first-order valence-electron chi connectivity index (χ1n) is 11.3. The van der Waals surface area contributed by atoms with E-state index in [1.165, 1.54) is 23.1 Å². The molecule has 3 heterocycles. The third-order valence-corrected chi connectivity index (χ3v) is 7.61. The highest BCUT2D eigenvalue weighted by Crippen LogP contribution is 2.39. The largest absolute Gasteiger partial charge is 0.469 e. The zero-order valence-corrected chi connectivity index (χ0v) is 21.2. The number of thioether (sulfide) groups is 1. The van der Waals surface area contributed by atoms with Crippen LogP contribution in [-0.4, -0.2) is 38.5 Å². The number of nitrogens with zero attached hydrogens (tertiary/aromatic N) is 3. The van der Waals surface area contributed by atoms with Crippen LogP contribution >= 0.6 is 23.1 Å². The van der Waals surface area contributed by atoms with E-state index in [0.717, 1.165) is 47.4 Å². The summed E-state index contributed by atoms with van der Waals surface area (Å²) in [6, 6.07) is 1.84. The van der Waals surface area contributed by atoms with E-state index in [1.807, 2.05) is 31.4 Å². The van der Waals surface area contributed by atoms with Crippen molar-refractivity contribution in [3.8, 4) is 11.4 Å². The van der Waals surface area contributed by atoms with E-state index in [9.17, 15) is 9.59 Å². The third kappa shape index (κ3) is 5.12. The minimum Gasteiger partial charge on any atom is -0.469 e. The third-order valence-electron chi connectivity index (χ3n) is 5.43. The van der Waals surface area contributed by atoms with Gasteiger partial charge in [0.15, 0.2) is 11.0 Å². The SMILES string of the molecule is C=CCn1c(SCC(=O)Nc2sc3c(c2C(=O)OC(C)C)CCCC3)nnc1-c1ccoc1C. The number of allylic oxidation sites excluding steroid dienone is 1. The van der Waals surface area contributed by atoms with Crippen LogP contribution in [0.25, 0.3) is 11.4 Å². The van der Waals surface area contributed by atoms with E-state index in [1.54, 1.807) is 12.3 Å². The van der Waals surface area contributed by atoms with Crippen molar-refractivity contribution < 1.29 is 18.7 Å². The minimum absolute atomic E-state index is 0.126. The van der Waals surface area contributed by atoms with E-state index in [4.69, 9.17) is 9.15 Å². The van der Waals surface area contributed by atoms with Crippen molar-refractivity contribution in [2.75, 3.05) is 11.1 Å². The Kier molecular flexibility index (Phi) is 7.57. The van der Waals surface area contributed by atoms with Gasteiger partial charge in [0.05, 0.1) is 29.2 Å². The van der Waals surface area contributed by atoms with E-state index in [-0.39, 0.29) is 23.7 Å². The van der Waals surface area contributed by atoms with Gasteiger partial charge in [-0.1, -0.05) is 17.8 Å². The second-order valence-electron chi connectivity index (χ2n) is 8.30. The van der Waals surface area contributed by atoms with Crippen LogP contribution in [0.2, 0.25) is 0 Å². The number of furan rings is 1. The number of carbonyl (C=O) groups excluding carboxylic acids is 2. The molecule has 0 aliphatic heterocycles. The van der Waals surface area contributed by atoms with Crippen LogP contribution < -0.4 is 5.32 Å². The topological polar surface area (TPSA) is 99.2 Å². The van der Waals surface area contributed by atoms with Gasteiger partial charge in [0, 0.05) is 11.4 Å². The molecule has 1 aliphatic carbocycles. The fraction of sp³-hybridized carbons (Fsp3) is 0.417. The van der Waals surface area contributed by atoms with Gasteiger partial charge < -0.3 is 14.5 Å². The molecule has 10 heteroatoms. The Labute approximate surface area is 206 Å². The van der Waals surface area contributed by atoms with Crippen molar-refractivity contribution in [1.82, 2.24) is 14.8 Å². The maximum atomic E-state index is 12.9. The van der Waals surface area contributed by atoms with E-state index in [2.05, 4.69) is 22.1 Å². The van der Waals surface area contributed by atoms with Gasteiger partial charge in [-0.25, -0.2) is 4.79 Å². The van der Waals surface area contributed by atoms with E-state index >= 15 is 0 Å². The molecule has 0 radical (unpaired) electrons. The predicted octanol–water partition coefficient (Wildman–Crippen LogP) is 5.27. The van der Waals surface area contributed by atoms with Crippen molar-refractivity contribution in [3.63, 3.8) is 0 Å². The minimum atomic E-state index is -0.372. The Bertz CT molecular complexity index is 1210. The molecular weight excluding hydrogens is 472 g/mol. The lowest BCUT2D eigenvalue weighted by Gasteiger charge is -2.14. The van der Waals surface area contributed by atoms with Crippen molar-refractivity contribution in [2.45, 2.75) is 64.3 Å². The molecule has 0 aromatic carbocycles. The molecule has 3 aromatic heterocycles. The van der Waals surface area contributed by atoms with Crippen LogP contribution in [-0.2, 0) is 28.9 Å². The molecule has 0 fully saturated rings. The molecular formula is C24H28N4O4S2. The van der Waals surface area contributed by atoms with Crippen LogP contribution in [0.15, 0.2) is 34.6 Å². The molecule has 180 valence electrons. The van der Waals surface area contributed by atoms with Gasteiger partial charge in [0.1, 0.15) is 10.8 Å². The molecule has 1 aliphatic rings. The molecule has 1 N–H and O–H groups in total. The van der Waals surface area contributed by atoms with Crippen molar-refractivity contribution in [1.29, 1.82) is 0 Å². The Morgan fingerprint density at radius 3 is 2.85 bits per heavy atom. The van der Waals surface area contributed by atoms with Gasteiger partial charge >= 0.3 is 5.97 Å². The molecule has 0 bridgehead atoms. The van der Waals surface area contributed by atoms with Gasteiger partial charge in [0.25, 0.3) is 0 Å². The van der Waals surface area contributed by atoms with Crippen molar-refractivity contribution in [3.05, 3.63) is 46.7 Å². The number of ether oxygens (including phenoxy) is 1. The number of fused-ring (bicyclic) bond motifs is 1. The monoisotopic (exact) mass is 500 g/mol. The van der Waals surface area contributed by atoms with Gasteiger partial charge in [-0.3, -0.25) is 9.36 Å². The summed E-state index contributed by atoms with van der Waals surface area (Å²) in [6.45, 7) is 9.83. The van der Waals surface area contributed by atoms with Crippen LogP contribution in [0.4, 0.5) is 5.00 Å². The zero-order valence-electron chi connectivity index (χ0n) is 19.6. The summed E-state index contributed by atoms with van der Waals surface area (Å²) in [5.41, 5.74) is 2.39. The number of anilines is 1. The highest BCUT2D eigenvalue weighted by atomic mass is 32.2. The number of esters is 1. The Morgan fingerprint density at radius 2 is 2.15 bits per heavy atom. The summed E-state index contributed by atoms with van der Waals surface area (Å²) < 4.78 is 12.8. The second-order valence-corrected chi connectivity index (χ2v) is 10.3. The lowest BCUT2D eigenvalue weighted by atomic mass is 9.95. The highest BCUT2D eigenvalue weighted by molar-refractivity contribution is 7.99. The smallest absolute Gasteiger partial charge is 0.341 e. The van der Waals surface area contributed by atoms with E-state index < -0.39 is 0 Å². The number of amides is 1. The molecule has 0 saturated carbocycles. The average Bonchev–Trinajstić information content (AvgIpc) is 3.48. The Balaban J connectivity index is 1.50. The molecule has 4 rings (SSSR count). The second kappa shape index (κ2) is 10.6. The first-order valence-corrected chi connectivity index (χ1v) is 13.1. The molecule has 34 heavy (non-hydrogen) atoms. The number of thiophene rings is 1. The summed E-state index contributed by atoms with van der Waals surface area (Å²) in [5, 5.41) is 12.7. The lowest BCUT2D eigenvalue weighted by Crippen LogP contribution is -2.19. The van der Waals surface area contributed by atoms with Gasteiger partial charge in [-0.2, -0.15) is 0 Å². The fourth-order valence-corrected chi connectivity index (χ4v) is 5.98. The summed E-state index contributed by atoms with van der Waals surface area (Å²) >= 11 is 2.77. The number of rotatable bonds is 9. The van der Waals surface area contributed by atoms with Crippen molar-refractivity contribution in [2.24, 2.45) is 0 Å². The lowest BCUT2D eigenvalue weighted by molar-refractivity contribution is -0.113. The van der Waals surface area contributed by atoms with E-state index in [0.29, 0.717) is 28.1 Å². The van der Waals surface area contributed by atoms with Gasteiger partial charge in [-0.05, 0) is 58.1 Å². The molecule has 0 unspecified atom stereocenters. The molecule has 0 spiro atoms. The summed E-state index contributed by atoms with van der Waals surface area (Å²) in [6.07, 6.45) is 7.03. The van der Waals surface area contributed by atoms with Crippen molar-refractivity contribution >= 4 is 40.0 Å². The quantitative estimate of drug-likeness (QED) is 0.243. The number of nitrogens with one attached hydrogen (secondary N) is 1. The number of aromatic nitrogens is 3. The van der Waals surface area contributed by atoms with Crippen LogP contribution in [0.5, 0.6) is 0 Å². The first-order chi connectivity index (χ1) is 16.4. The first kappa shape index (κ1) is 24.3. The molecule has 3 aromatic rings. The standard InChI is InChI=1S/C24H28N4O4S2/c1-5-11-28-21(16-10-12-31-15(16)4)26-27-24(28)33-13-19(29)25-22-20(23(30)32-14(2)3)17-8-6-7-9-18(17)34-22/h5,10,12,14H,1,6-9,11,13H2,2-4H3,(H,25,29). The summed E-state index contributed by atoms with van der Waals surface area (Å²) in [4.78, 5) is 26.9. The molecule has 0 saturated heterocycles. The maximum absolute atomic E-state index is 12.9. The number of hydrogen-bond acceptors (Lipinski definition) is 8. The van der Waals surface area contributed by atoms with Crippen LogP contribution in [0, 0.1) is 6.92 Å². The molecule has 0 atom stereocenters. The normalized spacial score (nSPS) is 13.1. The summed E-state index contributed by atoms with van der Waals surface area (Å²) in [5.74, 6) is 0.953. The van der Waals surface area contributed by atoms with Crippen LogP contribution in [0.3, 0.4) is 0 Å². The van der Waals surface area contributed by atoms with Gasteiger partial charge in [-0.15, -0.1) is 28.1 Å². The fourth-order valence-electron chi connectivity index (χ4n) is 3.94. The summed E-state index contributed by atoms with van der Waals surface area (Å²) in [7, 11) is 0. The van der Waals surface area contributed by atoms with Crippen LogP contribution in [0.1, 0.15) is 53.2 Å². The van der Waals surface area contributed by atoms with Gasteiger partial charge in [0.2, 0.25) is 5.91 Å². The number of aryl methyl sites for hydroxylation is 2. The number of hydrogen-bond donors (Lipinski definition) is 1. The molecule has 8 nitrogen and oxygen atoms in total. The Morgan fingerprint density at radius 1 is 1.35 bits per heavy atom. The number of carbonyl (C=O) groups is 2.